The van der Waals surface area contributed by atoms with Gasteiger partial charge in [0.1, 0.15) is 0 Å². The van der Waals surface area contributed by atoms with Crippen LogP contribution in [-0.4, -0.2) is 35.9 Å². The fourth-order valence-corrected chi connectivity index (χ4v) is 4.78. The number of amides is 2. The molecule has 2 aromatic carbocycles. The molecule has 0 bridgehead atoms. The van der Waals surface area contributed by atoms with Gasteiger partial charge in [-0.1, -0.05) is 42.3 Å². The van der Waals surface area contributed by atoms with Gasteiger partial charge in [-0.15, -0.1) is 0 Å². The monoisotopic (exact) mass is 473 g/mol. The molecule has 4 rings (SSSR count). The van der Waals surface area contributed by atoms with E-state index in [4.69, 9.17) is 9.72 Å². The molecule has 0 unspecified atom stereocenters. The summed E-state index contributed by atoms with van der Waals surface area (Å²) in [5.74, 6) is -1.41. The molecule has 0 spiro atoms. The van der Waals surface area contributed by atoms with Crippen LogP contribution in [0.4, 0.5) is 5.69 Å². The minimum atomic E-state index is -0.535. The lowest BCUT2D eigenvalue weighted by molar-refractivity contribution is -0.126. The van der Waals surface area contributed by atoms with E-state index < -0.39 is 18.5 Å². The van der Waals surface area contributed by atoms with Gasteiger partial charge in [0.15, 0.2) is 6.61 Å². The number of fused-ring (bicyclic) bond motifs is 2. The van der Waals surface area contributed by atoms with Crippen LogP contribution in [0.25, 0.3) is 10.9 Å². The maximum atomic E-state index is 13.1. The Balaban J connectivity index is 1.39. The van der Waals surface area contributed by atoms with E-state index in [0.717, 1.165) is 76.6 Å². The maximum absolute atomic E-state index is 13.1. The highest BCUT2D eigenvalue weighted by Gasteiger charge is 2.23. The van der Waals surface area contributed by atoms with Crippen LogP contribution in [0.3, 0.4) is 0 Å². The van der Waals surface area contributed by atoms with Crippen LogP contribution < -0.4 is 10.6 Å². The number of nitrogens with one attached hydrogen (secondary N) is 2. The standard InChI is InChI=1S/C28H31N3O4/c1-17-13-18(2)27(19(3)14-17)31-24(32)15-29-25(33)16-35-28(34)26-20-9-5-4-6-11-22(20)30-23-12-8-7-10-21(23)26/h7-8,10,12-14H,4-6,9,11,15-16H2,1-3H3,(H,29,33)(H,31,32). The largest absolute Gasteiger partial charge is 0.452 e. The van der Waals surface area contributed by atoms with E-state index >= 15 is 0 Å². The molecule has 1 aliphatic carbocycles. The molecule has 2 amide bonds. The number of pyridine rings is 1. The Labute approximate surface area is 205 Å². The number of aromatic nitrogens is 1. The van der Waals surface area contributed by atoms with Crippen molar-refractivity contribution in [3.8, 4) is 0 Å². The summed E-state index contributed by atoms with van der Waals surface area (Å²) in [7, 11) is 0. The average Bonchev–Trinajstić information content (AvgIpc) is 3.07. The molecule has 2 N–H and O–H groups in total. The molecular formula is C28H31N3O4. The quantitative estimate of drug-likeness (QED) is 0.410. The lowest BCUT2D eigenvalue weighted by Crippen LogP contribution is -2.36. The van der Waals surface area contributed by atoms with Crippen molar-refractivity contribution in [2.45, 2.75) is 52.9 Å². The first-order valence-corrected chi connectivity index (χ1v) is 12.1. The summed E-state index contributed by atoms with van der Waals surface area (Å²) in [6.45, 7) is 5.18. The number of hydrogen-bond acceptors (Lipinski definition) is 5. The van der Waals surface area contributed by atoms with Crippen molar-refractivity contribution >= 4 is 34.4 Å². The van der Waals surface area contributed by atoms with Crippen molar-refractivity contribution in [3.05, 3.63) is 69.9 Å². The van der Waals surface area contributed by atoms with Crippen LogP contribution in [-0.2, 0) is 27.2 Å². The van der Waals surface area contributed by atoms with Crippen LogP contribution in [0.5, 0.6) is 0 Å². The van der Waals surface area contributed by atoms with Crippen molar-refractivity contribution < 1.29 is 19.1 Å². The van der Waals surface area contributed by atoms with Crippen molar-refractivity contribution in [3.63, 3.8) is 0 Å². The molecule has 0 atom stereocenters. The number of aryl methyl sites for hydroxylation is 4. The fraction of sp³-hybridized carbons (Fsp3) is 0.357. The Morgan fingerprint density at radius 2 is 1.66 bits per heavy atom. The highest BCUT2D eigenvalue weighted by Crippen LogP contribution is 2.29. The van der Waals surface area contributed by atoms with Gasteiger partial charge in [-0.3, -0.25) is 14.6 Å². The van der Waals surface area contributed by atoms with Crippen LogP contribution in [0.2, 0.25) is 0 Å². The molecule has 1 aliphatic rings. The van der Waals surface area contributed by atoms with Crippen molar-refractivity contribution in [2.24, 2.45) is 0 Å². The van der Waals surface area contributed by atoms with Gasteiger partial charge < -0.3 is 15.4 Å². The number of carbonyl (C=O) groups excluding carboxylic acids is 3. The Kier molecular flexibility index (Phi) is 7.44. The average molecular weight is 474 g/mol. The van der Waals surface area contributed by atoms with Gasteiger partial charge in [0, 0.05) is 16.8 Å². The normalized spacial score (nSPS) is 13.0. The summed E-state index contributed by atoms with van der Waals surface area (Å²) in [4.78, 5) is 42.6. The smallest absolute Gasteiger partial charge is 0.339 e. The predicted molar refractivity (Wildman–Crippen MR) is 136 cm³/mol. The SMILES string of the molecule is Cc1cc(C)c(NC(=O)CNC(=O)COC(=O)c2c3c(nc4ccccc24)CCCCC3)c(C)c1. The highest BCUT2D eigenvalue weighted by atomic mass is 16.5. The van der Waals surface area contributed by atoms with Crippen molar-refractivity contribution in [2.75, 3.05) is 18.5 Å². The number of nitrogens with zero attached hydrogens (tertiary/aromatic N) is 1. The molecule has 0 aliphatic heterocycles. The fourth-order valence-electron chi connectivity index (χ4n) is 4.78. The summed E-state index contributed by atoms with van der Waals surface area (Å²) in [6.07, 6.45) is 4.72. The molecule has 1 aromatic heterocycles. The topological polar surface area (TPSA) is 97.4 Å². The van der Waals surface area contributed by atoms with E-state index in [9.17, 15) is 14.4 Å². The van der Waals surface area contributed by atoms with E-state index in [0.29, 0.717) is 5.56 Å². The zero-order valence-corrected chi connectivity index (χ0v) is 20.5. The predicted octanol–water partition coefficient (Wildman–Crippen LogP) is 4.34. The van der Waals surface area contributed by atoms with Crippen LogP contribution in [0.15, 0.2) is 36.4 Å². The minimum Gasteiger partial charge on any atom is -0.452 e. The zero-order chi connectivity index (χ0) is 24.9. The van der Waals surface area contributed by atoms with Gasteiger partial charge in [-0.25, -0.2) is 4.79 Å². The molecule has 3 aromatic rings. The number of para-hydroxylation sites is 1. The summed E-state index contributed by atoms with van der Waals surface area (Å²) in [5.41, 5.74) is 6.90. The number of esters is 1. The molecular weight excluding hydrogens is 442 g/mol. The first kappa shape index (κ1) is 24.4. The lowest BCUT2D eigenvalue weighted by atomic mass is 9.97. The van der Waals surface area contributed by atoms with Gasteiger partial charge in [-0.05, 0) is 69.2 Å². The lowest BCUT2D eigenvalue weighted by Gasteiger charge is -2.15. The highest BCUT2D eigenvalue weighted by molar-refractivity contribution is 6.05. The van der Waals surface area contributed by atoms with Gasteiger partial charge >= 0.3 is 5.97 Å². The van der Waals surface area contributed by atoms with Crippen LogP contribution in [0, 0.1) is 20.8 Å². The van der Waals surface area contributed by atoms with Crippen LogP contribution in [0.1, 0.15) is 57.6 Å². The molecule has 0 fully saturated rings. The first-order chi connectivity index (χ1) is 16.8. The Bertz CT molecular complexity index is 1280. The van der Waals surface area contributed by atoms with Crippen LogP contribution >= 0.6 is 0 Å². The molecule has 7 heteroatoms. The summed E-state index contributed by atoms with van der Waals surface area (Å²) < 4.78 is 5.40. The van der Waals surface area contributed by atoms with E-state index in [1.54, 1.807) is 0 Å². The van der Waals surface area contributed by atoms with Gasteiger partial charge in [0.05, 0.1) is 17.6 Å². The van der Waals surface area contributed by atoms with Crippen molar-refractivity contribution in [1.82, 2.24) is 10.3 Å². The Morgan fingerprint density at radius 1 is 0.943 bits per heavy atom. The first-order valence-electron chi connectivity index (χ1n) is 12.1. The zero-order valence-electron chi connectivity index (χ0n) is 20.5. The maximum Gasteiger partial charge on any atom is 0.339 e. The third kappa shape index (κ3) is 5.67. The number of anilines is 1. The third-order valence-corrected chi connectivity index (χ3v) is 6.35. The number of hydrogen-bond donors (Lipinski definition) is 2. The third-order valence-electron chi connectivity index (χ3n) is 6.35. The molecule has 0 saturated carbocycles. The number of carbonyl (C=O) groups is 3. The number of rotatable bonds is 6. The van der Waals surface area contributed by atoms with E-state index in [-0.39, 0.29) is 12.5 Å². The second-order valence-corrected chi connectivity index (χ2v) is 9.16. The Hall–Kier alpha value is -3.74. The second-order valence-electron chi connectivity index (χ2n) is 9.16. The molecule has 0 saturated heterocycles. The van der Waals surface area contributed by atoms with Gasteiger partial charge in [0.2, 0.25) is 5.91 Å². The number of ether oxygens (including phenoxy) is 1. The van der Waals surface area contributed by atoms with Crippen molar-refractivity contribution in [1.29, 1.82) is 0 Å². The molecule has 0 radical (unpaired) electrons. The molecule has 7 nitrogen and oxygen atoms in total. The van der Waals surface area contributed by atoms with Gasteiger partial charge in [0.25, 0.3) is 5.91 Å². The second kappa shape index (κ2) is 10.7. The van der Waals surface area contributed by atoms with E-state index in [1.807, 2.05) is 57.2 Å². The van der Waals surface area contributed by atoms with E-state index in [1.165, 1.54) is 0 Å². The summed E-state index contributed by atoms with van der Waals surface area (Å²) >= 11 is 0. The molecule has 182 valence electrons. The number of benzene rings is 2. The minimum absolute atomic E-state index is 0.212. The van der Waals surface area contributed by atoms with Gasteiger partial charge in [-0.2, -0.15) is 0 Å². The summed E-state index contributed by atoms with van der Waals surface area (Å²) in [6, 6.07) is 11.5. The Morgan fingerprint density at radius 3 is 2.43 bits per heavy atom. The molecule has 1 heterocycles. The summed E-state index contributed by atoms with van der Waals surface area (Å²) in [5, 5.41) is 6.11. The van der Waals surface area contributed by atoms with E-state index in [2.05, 4.69) is 10.6 Å². The molecule has 35 heavy (non-hydrogen) atoms.